The number of rotatable bonds is 3. The molecule has 1 N–H and O–H groups in total. The number of aromatic hydroxyl groups is 1. The van der Waals surface area contributed by atoms with Gasteiger partial charge in [-0.25, -0.2) is 14.8 Å². The molecule has 138 valence electrons. The van der Waals surface area contributed by atoms with Gasteiger partial charge in [0.15, 0.2) is 11.5 Å². The number of hydrogen-bond donors (Lipinski definition) is 1. The molecular weight excluding hydrogens is 380 g/mol. The van der Waals surface area contributed by atoms with Crippen LogP contribution in [0.25, 0.3) is 22.2 Å². The predicted octanol–water partition coefficient (Wildman–Crippen LogP) is 4.10. The highest BCUT2D eigenvalue weighted by Crippen LogP contribution is 2.37. The minimum absolute atomic E-state index is 0.0153. The van der Waals surface area contributed by atoms with Gasteiger partial charge in [0.1, 0.15) is 16.9 Å². The minimum atomic E-state index is -0.660. The van der Waals surface area contributed by atoms with Gasteiger partial charge in [0, 0.05) is 17.2 Å². The Kier molecular flexibility index (Phi) is 3.84. The van der Waals surface area contributed by atoms with Gasteiger partial charge in [-0.05, 0) is 30.3 Å². The van der Waals surface area contributed by atoms with E-state index in [4.69, 9.17) is 13.9 Å². The fourth-order valence-electron chi connectivity index (χ4n) is 2.89. The van der Waals surface area contributed by atoms with E-state index in [-0.39, 0.29) is 18.1 Å². The van der Waals surface area contributed by atoms with Gasteiger partial charge in [-0.1, -0.05) is 12.1 Å². The van der Waals surface area contributed by atoms with Crippen molar-refractivity contribution >= 4 is 33.7 Å². The van der Waals surface area contributed by atoms with E-state index in [0.29, 0.717) is 27.6 Å². The van der Waals surface area contributed by atoms with Crippen LogP contribution in [0, 0.1) is 0 Å². The maximum Gasteiger partial charge on any atom is 0.348 e. The summed E-state index contributed by atoms with van der Waals surface area (Å²) in [7, 11) is 0. The van der Waals surface area contributed by atoms with Crippen molar-refractivity contribution in [2.75, 3.05) is 6.79 Å². The van der Waals surface area contributed by atoms with Crippen molar-refractivity contribution < 1.29 is 19.0 Å². The van der Waals surface area contributed by atoms with Gasteiger partial charge in [-0.3, -0.25) is 0 Å². The van der Waals surface area contributed by atoms with Crippen molar-refractivity contribution in [2.24, 2.45) is 4.99 Å². The van der Waals surface area contributed by atoms with Gasteiger partial charge in [0.25, 0.3) is 0 Å². The summed E-state index contributed by atoms with van der Waals surface area (Å²) in [6.07, 6.45) is 1.27. The molecule has 0 amide bonds. The summed E-state index contributed by atoms with van der Waals surface area (Å²) >= 11 is 1.32. The van der Waals surface area contributed by atoms with E-state index >= 15 is 0 Å². The minimum Gasteiger partial charge on any atom is -0.506 e. The maximum absolute atomic E-state index is 12.1. The highest BCUT2D eigenvalue weighted by Gasteiger charge is 2.15. The van der Waals surface area contributed by atoms with E-state index < -0.39 is 5.63 Å². The summed E-state index contributed by atoms with van der Waals surface area (Å²) < 4.78 is 15.9. The van der Waals surface area contributed by atoms with E-state index in [0.717, 1.165) is 11.3 Å². The van der Waals surface area contributed by atoms with E-state index in [9.17, 15) is 9.90 Å². The molecule has 0 atom stereocenters. The number of thiazole rings is 1. The lowest BCUT2D eigenvalue weighted by Gasteiger charge is -2.01. The summed E-state index contributed by atoms with van der Waals surface area (Å²) in [6.45, 7) is 0.212. The molecule has 0 radical (unpaired) electrons. The predicted molar refractivity (Wildman–Crippen MR) is 105 cm³/mol. The Balaban J connectivity index is 1.47. The number of aromatic nitrogens is 1. The Morgan fingerprint density at radius 3 is 2.93 bits per heavy atom. The number of benzene rings is 2. The standard InChI is InChI=1S/C20H12N2O5S/c23-18-12-3-1-2-4-15(12)27-19(24)13(18)8-21-20-22-14(9-28-20)11-5-6-16-17(7-11)26-10-25-16/h1-9,23H,10H2. The van der Waals surface area contributed by atoms with Crippen LogP contribution < -0.4 is 15.1 Å². The van der Waals surface area contributed by atoms with Crippen molar-refractivity contribution in [1.82, 2.24) is 4.98 Å². The first-order valence-electron chi connectivity index (χ1n) is 8.33. The lowest BCUT2D eigenvalue weighted by molar-refractivity contribution is 0.174. The molecule has 7 nitrogen and oxygen atoms in total. The van der Waals surface area contributed by atoms with Crippen LogP contribution in [-0.2, 0) is 0 Å². The molecule has 8 heteroatoms. The second kappa shape index (κ2) is 6.50. The Morgan fingerprint density at radius 1 is 1.14 bits per heavy atom. The second-order valence-electron chi connectivity index (χ2n) is 5.99. The van der Waals surface area contributed by atoms with Crippen molar-refractivity contribution in [3.8, 4) is 28.5 Å². The SMILES string of the molecule is O=c1oc2ccccc2c(O)c1C=Nc1nc(-c2ccc3c(c2)OCO3)cs1. The first-order valence-corrected chi connectivity index (χ1v) is 9.21. The van der Waals surface area contributed by atoms with Crippen LogP contribution >= 0.6 is 11.3 Å². The third-order valence-corrected chi connectivity index (χ3v) is 5.03. The second-order valence-corrected chi connectivity index (χ2v) is 6.83. The molecular formula is C20H12N2O5S. The zero-order valence-electron chi connectivity index (χ0n) is 14.3. The zero-order valence-corrected chi connectivity index (χ0v) is 15.1. The van der Waals surface area contributed by atoms with E-state index in [1.54, 1.807) is 24.3 Å². The van der Waals surface area contributed by atoms with Crippen molar-refractivity contribution in [2.45, 2.75) is 0 Å². The van der Waals surface area contributed by atoms with Crippen molar-refractivity contribution in [3.05, 3.63) is 63.8 Å². The highest BCUT2D eigenvalue weighted by molar-refractivity contribution is 7.13. The first kappa shape index (κ1) is 16.5. The molecule has 0 saturated carbocycles. The lowest BCUT2D eigenvalue weighted by atomic mass is 10.1. The molecule has 28 heavy (non-hydrogen) atoms. The normalized spacial score (nSPS) is 12.9. The molecule has 0 unspecified atom stereocenters. The van der Waals surface area contributed by atoms with E-state index in [2.05, 4.69) is 9.98 Å². The van der Waals surface area contributed by atoms with Gasteiger partial charge in [-0.15, -0.1) is 11.3 Å². The van der Waals surface area contributed by atoms with Gasteiger partial charge >= 0.3 is 5.63 Å². The number of nitrogens with zero attached hydrogens (tertiary/aromatic N) is 2. The molecule has 2 aromatic carbocycles. The van der Waals surface area contributed by atoms with Gasteiger partial charge in [0.2, 0.25) is 11.9 Å². The largest absolute Gasteiger partial charge is 0.506 e. The molecule has 0 spiro atoms. The summed E-state index contributed by atoms with van der Waals surface area (Å²) in [6, 6.07) is 12.3. The molecule has 1 aliphatic rings. The summed E-state index contributed by atoms with van der Waals surface area (Å²) in [4.78, 5) is 20.8. The van der Waals surface area contributed by atoms with E-state index in [1.165, 1.54) is 17.6 Å². The Bertz CT molecular complexity index is 1290. The molecule has 0 aliphatic carbocycles. The van der Waals surface area contributed by atoms with Gasteiger partial charge in [-0.2, -0.15) is 0 Å². The fraction of sp³-hybridized carbons (Fsp3) is 0.0500. The molecule has 1 aliphatic heterocycles. The van der Waals surface area contributed by atoms with Crippen LogP contribution in [0.1, 0.15) is 5.56 Å². The molecule has 0 bridgehead atoms. The molecule has 0 fully saturated rings. The number of para-hydroxylation sites is 1. The summed E-state index contributed by atoms with van der Waals surface area (Å²) in [5, 5.41) is 13.1. The zero-order chi connectivity index (χ0) is 19.1. The maximum atomic E-state index is 12.1. The Morgan fingerprint density at radius 2 is 2.00 bits per heavy atom. The summed E-state index contributed by atoms with van der Waals surface area (Å²) in [5.74, 6) is 1.22. The Hall–Kier alpha value is -3.65. The Labute approximate surface area is 162 Å². The number of aliphatic imine (C=N–C) groups is 1. The topological polar surface area (TPSA) is 94.2 Å². The van der Waals surface area contributed by atoms with Crippen molar-refractivity contribution in [1.29, 1.82) is 0 Å². The lowest BCUT2D eigenvalue weighted by Crippen LogP contribution is -2.06. The third-order valence-electron chi connectivity index (χ3n) is 4.28. The van der Waals surface area contributed by atoms with Crippen LogP contribution in [0.5, 0.6) is 17.2 Å². The smallest absolute Gasteiger partial charge is 0.348 e. The summed E-state index contributed by atoms with van der Waals surface area (Å²) in [5.41, 5.74) is 1.24. The highest BCUT2D eigenvalue weighted by atomic mass is 32.1. The number of fused-ring (bicyclic) bond motifs is 2. The van der Waals surface area contributed by atoms with Crippen LogP contribution in [0.4, 0.5) is 5.13 Å². The molecule has 2 aromatic heterocycles. The number of hydrogen-bond acceptors (Lipinski definition) is 8. The quantitative estimate of drug-likeness (QED) is 0.417. The molecule has 0 saturated heterocycles. The molecule has 3 heterocycles. The average molecular weight is 392 g/mol. The van der Waals surface area contributed by atoms with Crippen LogP contribution in [0.2, 0.25) is 0 Å². The van der Waals surface area contributed by atoms with E-state index in [1.807, 2.05) is 23.6 Å². The van der Waals surface area contributed by atoms with Crippen LogP contribution in [-0.4, -0.2) is 23.1 Å². The van der Waals surface area contributed by atoms with Gasteiger partial charge < -0.3 is 19.0 Å². The average Bonchev–Trinajstić information content (AvgIpc) is 3.36. The first-order chi connectivity index (χ1) is 13.7. The third kappa shape index (κ3) is 2.80. The monoisotopic (exact) mass is 392 g/mol. The van der Waals surface area contributed by atoms with Crippen molar-refractivity contribution in [3.63, 3.8) is 0 Å². The number of ether oxygens (including phenoxy) is 2. The van der Waals surface area contributed by atoms with Crippen LogP contribution in [0.3, 0.4) is 0 Å². The van der Waals surface area contributed by atoms with Gasteiger partial charge in [0.05, 0.1) is 11.1 Å². The fourth-order valence-corrected chi connectivity index (χ4v) is 3.56. The molecule has 4 aromatic rings. The van der Waals surface area contributed by atoms with Crippen LogP contribution in [0.15, 0.2) is 62.0 Å². The molecule has 5 rings (SSSR count).